The Bertz CT molecular complexity index is 2700. The van der Waals surface area contributed by atoms with Crippen LogP contribution in [0.1, 0.15) is 93.7 Å². The van der Waals surface area contributed by atoms with Gasteiger partial charge >= 0.3 is 0 Å². The highest BCUT2D eigenvalue weighted by Gasteiger charge is 2.49. The van der Waals surface area contributed by atoms with Gasteiger partial charge in [0.05, 0.1) is 44.1 Å². The lowest BCUT2D eigenvalue weighted by Crippen LogP contribution is -2.64. The zero-order valence-electron chi connectivity index (χ0n) is 45.0. The molecule has 0 radical (unpaired) electrons. The molecule has 0 bridgehead atoms. The SMILES string of the molecule is CCCCCCCOc1ccc2cc(C(=O)N[C@H]3C[C@@H](O)[C@@H](OCCN)NC(=O)[C@@H]4[C@@H](O)CCN4C(=O)[C@H]([C@H](O)CC(N)=O)NC(=O)[C@H]([C@H](O)[C@@H](O)c4ccc(O)cc4)NC(=O)[C@@H]4C[C@@H](O)CN4C(=O)[C@H]([C@@H](C)O)NC3=O)ccc2c1. The standard InChI is InChI=1S/C54H75N9O18/c1-3-4-5-6-7-19-80-34-15-12-29-21-31(9-8-30(29)22-34)47(73)57-35-24-39(69)52(81-20-17-55)61-51(77)44-37(67)16-18-62(44)54(79)42(38(68)25-40(56)70)59-50(76)43(46(72)45(71)28-10-13-32(65)14-11-28)60-49(75)36-23-33(66)26-63(36)53(78)41(27(2)64)58-48(35)74/h8-15,21-22,27,33,35-39,41-46,52,64-69,71-72H,3-7,16-20,23-26,55H2,1-2H3,(H2,56,70)(H,57,73)(H,58,74)(H,59,76)(H,60,75)(H,61,77)/t27-,33-,35+,36+,37+,38-,39-,41+,42+,43+,44+,45+,46+,52-/m1/s1. The minimum Gasteiger partial charge on any atom is -0.508 e. The van der Waals surface area contributed by atoms with Crippen LogP contribution >= 0.6 is 0 Å². The Morgan fingerprint density at radius 1 is 0.741 bits per heavy atom. The zero-order chi connectivity index (χ0) is 59.2. The Hall–Kier alpha value is -7.08. The number of unbranched alkanes of at least 4 members (excludes halogenated alkanes) is 4. The lowest BCUT2D eigenvalue weighted by Gasteiger charge is -2.34. The number of rotatable bonds is 19. The topological polar surface area (TPSA) is 436 Å². The fraction of sp³-hybridized carbons (Fsp3) is 0.556. The van der Waals surface area contributed by atoms with E-state index in [4.69, 9.17) is 20.9 Å². The smallest absolute Gasteiger partial charge is 0.251 e. The van der Waals surface area contributed by atoms with Crippen LogP contribution in [0.15, 0.2) is 60.7 Å². The molecule has 17 N–H and O–H groups in total. The fourth-order valence-corrected chi connectivity index (χ4v) is 10.00. The lowest BCUT2D eigenvalue weighted by molar-refractivity contribution is -0.150. The molecule has 3 fully saturated rings. The summed E-state index contributed by atoms with van der Waals surface area (Å²) in [4.78, 5) is 115. The molecular formula is C54H75N9O18. The van der Waals surface area contributed by atoms with Crippen LogP contribution in [0.2, 0.25) is 0 Å². The highest BCUT2D eigenvalue weighted by atomic mass is 16.5. The predicted octanol–water partition coefficient (Wildman–Crippen LogP) is -3.74. The van der Waals surface area contributed by atoms with Gasteiger partial charge in [-0.1, -0.05) is 56.9 Å². The van der Waals surface area contributed by atoms with Gasteiger partial charge in [-0.2, -0.15) is 0 Å². The molecule has 3 aliphatic rings. The number of nitrogens with zero attached hydrogens (tertiary/aromatic N) is 2. The van der Waals surface area contributed by atoms with Crippen LogP contribution in [0.25, 0.3) is 10.8 Å². The van der Waals surface area contributed by atoms with Crippen molar-refractivity contribution in [3.8, 4) is 11.5 Å². The number of aromatic hydroxyl groups is 1. The van der Waals surface area contributed by atoms with Gasteiger partial charge in [0.1, 0.15) is 66.1 Å². The van der Waals surface area contributed by atoms with Crippen molar-refractivity contribution in [2.75, 3.05) is 32.8 Å². The highest BCUT2D eigenvalue weighted by Crippen LogP contribution is 2.27. The maximum absolute atomic E-state index is 14.6. The number of amides is 8. The van der Waals surface area contributed by atoms with Gasteiger partial charge < -0.3 is 98.2 Å². The summed E-state index contributed by atoms with van der Waals surface area (Å²) in [6.07, 6.45) is -12.8. The summed E-state index contributed by atoms with van der Waals surface area (Å²) in [5.74, 6) is -9.46. The molecule has 3 aromatic carbocycles. The van der Waals surface area contributed by atoms with Gasteiger partial charge in [-0.25, -0.2) is 0 Å². The van der Waals surface area contributed by atoms with Gasteiger partial charge in [-0.3, -0.25) is 38.4 Å². The van der Waals surface area contributed by atoms with Gasteiger partial charge in [-0.05, 0) is 72.5 Å². The number of phenols is 1. The van der Waals surface area contributed by atoms with Crippen LogP contribution in [-0.4, -0.2) is 210 Å². The number of aliphatic hydroxyl groups is 7. The number of nitrogens with one attached hydrogen (secondary N) is 5. The van der Waals surface area contributed by atoms with E-state index < -0.39 is 165 Å². The number of hydrogen-bond donors (Lipinski definition) is 15. The molecule has 3 saturated heterocycles. The van der Waals surface area contributed by atoms with Crippen LogP contribution in [0, 0.1) is 0 Å². The number of aliphatic hydroxyl groups excluding tert-OH is 7. The molecule has 0 aromatic heterocycles. The van der Waals surface area contributed by atoms with Crippen molar-refractivity contribution in [1.29, 1.82) is 0 Å². The molecule has 27 nitrogen and oxygen atoms in total. The number of carbonyl (C=O) groups is 8. The number of hydrogen-bond acceptors (Lipinski definition) is 19. The summed E-state index contributed by atoms with van der Waals surface area (Å²) in [6.45, 7) is 2.13. The van der Waals surface area contributed by atoms with E-state index >= 15 is 0 Å². The third-order valence-electron chi connectivity index (χ3n) is 14.4. The number of carbonyl (C=O) groups excluding carboxylic acids is 8. The average Bonchev–Trinajstić information content (AvgIpc) is 4.30. The van der Waals surface area contributed by atoms with Crippen molar-refractivity contribution in [1.82, 2.24) is 36.4 Å². The van der Waals surface area contributed by atoms with E-state index in [1.807, 2.05) is 0 Å². The first-order valence-corrected chi connectivity index (χ1v) is 27.0. The first kappa shape index (κ1) is 63.1. The first-order valence-electron chi connectivity index (χ1n) is 27.0. The Balaban J connectivity index is 1.40. The summed E-state index contributed by atoms with van der Waals surface area (Å²) in [7, 11) is 0. The molecule has 6 rings (SSSR count). The van der Waals surface area contributed by atoms with Gasteiger partial charge in [0.2, 0.25) is 41.4 Å². The molecule has 0 unspecified atom stereocenters. The number of nitrogens with two attached hydrogens (primary N) is 2. The maximum Gasteiger partial charge on any atom is 0.251 e. The lowest BCUT2D eigenvalue weighted by atomic mass is 9.96. The number of fused-ring (bicyclic) bond motifs is 3. The third kappa shape index (κ3) is 16.3. The summed E-state index contributed by atoms with van der Waals surface area (Å²) in [6, 6.07) is 2.37. The molecule has 3 aromatic rings. The van der Waals surface area contributed by atoms with E-state index in [9.17, 15) is 79.2 Å². The van der Waals surface area contributed by atoms with E-state index in [-0.39, 0.29) is 36.4 Å². The Morgan fingerprint density at radius 3 is 2.07 bits per heavy atom. The van der Waals surface area contributed by atoms with Gasteiger partial charge in [0.15, 0.2) is 6.23 Å². The summed E-state index contributed by atoms with van der Waals surface area (Å²) in [5, 5.41) is 103. The van der Waals surface area contributed by atoms with E-state index in [1.54, 1.807) is 24.3 Å². The Labute approximate surface area is 466 Å². The van der Waals surface area contributed by atoms with Gasteiger partial charge in [0, 0.05) is 38.0 Å². The number of primary amides is 1. The quantitative estimate of drug-likeness (QED) is 0.0513. The molecular weight excluding hydrogens is 1060 g/mol. The number of benzene rings is 3. The van der Waals surface area contributed by atoms with Crippen molar-refractivity contribution in [2.45, 2.75) is 157 Å². The van der Waals surface area contributed by atoms with Crippen molar-refractivity contribution in [3.05, 3.63) is 71.8 Å². The predicted molar refractivity (Wildman–Crippen MR) is 286 cm³/mol. The molecule has 14 atom stereocenters. The second kappa shape index (κ2) is 29.1. The third-order valence-corrected chi connectivity index (χ3v) is 14.4. The minimum absolute atomic E-state index is 0.0234. The van der Waals surface area contributed by atoms with Crippen molar-refractivity contribution in [3.63, 3.8) is 0 Å². The van der Waals surface area contributed by atoms with Crippen LogP contribution in [0.3, 0.4) is 0 Å². The van der Waals surface area contributed by atoms with Crippen LogP contribution in [0.5, 0.6) is 11.5 Å². The molecule has 27 heteroatoms. The molecule has 444 valence electrons. The summed E-state index contributed by atoms with van der Waals surface area (Å²) < 4.78 is 11.7. The summed E-state index contributed by atoms with van der Waals surface area (Å²) in [5.41, 5.74) is 11.0. The molecule has 0 spiro atoms. The number of ether oxygens (including phenoxy) is 2. The van der Waals surface area contributed by atoms with Crippen molar-refractivity contribution < 1.29 is 88.7 Å². The van der Waals surface area contributed by atoms with E-state index in [0.717, 1.165) is 73.1 Å². The first-order chi connectivity index (χ1) is 38.5. The second-order valence-electron chi connectivity index (χ2n) is 20.6. The van der Waals surface area contributed by atoms with E-state index in [0.29, 0.717) is 23.1 Å². The van der Waals surface area contributed by atoms with Crippen molar-refractivity contribution in [2.24, 2.45) is 11.5 Å². The number of phenolic OH excluding ortho intramolecular Hbond substituents is 1. The van der Waals surface area contributed by atoms with Crippen LogP contribution in [0.4, 0.5) is 0 Å². The van der Waals surface area contributed by atoms with Crippen LogP contribution in [-0.2, 0) is 38.3 Å². The van der Waals surface area contributed by atoms with Gasteiger partial charge in [0.25, 0.3) is 5.91 Å². The molecule has 3 heterocycles. The second-order valence-corrected chi connectivity index (χ2v) is 20.6. The largest absolute Gasteiger partial charge is 0.508 e. The van der Waals surface area contributed by atoms with Gasteiger partial charge in [-0.15, -0.1) is 0 Å². The average molecular weight is 1140 g/mol. The highest BCUT2D eigenvalue weighted by molar-refractivity contribution is 6.02. The molecule has 0 saturated carbocycles. The normalized spacial score (nSPS) is 26.9. The fourth-order valence-electron chi connectivity index (χ4n) is 10.00. The summed E-state index contributed by atoms with van der Waals surface area (Å²) >= 11 is 0. The molecule has 0 aliphatic carbocycles. The Morgan fingerprint density at radius 2 is 1.40 bits per heavy atom. The molecule has 81 heavy (non-hydrogen) atoms. The minimum atomic E-state index is -2.38. The van der Waals surface area contributed by atoms with E-state index in [1.165, 1.54) is 12.1 Å². The maximum atomic E-state index is 14.6. The van der Waals surface area contributed by atoms with Crippen LogP contribution < -0.4 is 42.8 Å². The Kier molecular flexibility index (Phi) is 22.6. The molecule has 8 amide bonds. The van der Waals surface area contributed by atoms with E-state index in [2.05, 4.69) is 33.5 Å². The molecule has 3 aliphatic heterocycles. The zero-order valence-corrected chi connectivity index (χ0v) is 45.0. The van der Waals surface area contributed by atoms with Crippen molar-refractivity contribution >= 4 is 58.0 Å². The monoisotopic (exact) mass is 1140 g/mol.